The van der Waals surface area contributed by atoms with Crippen molar-refractivity contribution in [3.05, 3.63) is 29.1 Å². The average molecular weight is 426 g/mol. The van der Waals surface area contributed by atoms with E-state index in [0.29, 0.717) is 0 Å². The number of fused-ring (bicyclic) bond motifs is 1. The van der Waals surface area contributed by atoms with Gasteiger partial charge in [-0.2, -0.15) is 0 Å². The third-order valence-electron chi connectivity index (χ3n) is 4.48. The van der Waals surface area contributed by atoms with Crippen LogP contribution < -0.4 is 16.2 Å². The Kier molecular flexibility index (Phi) is 4.71. The van der Waals surface area contributed by atoms with E-state index < -0.39 is 44.5 Å². The van der Waals surface area contributed by atoms with Gasteiger partial charge in [-0.05, 0) is 4.58 Å². The van der Waals surface area contributed by atoms with Gasteiger partial charge < -0.3 is 30.1 Å². The number of imidazole rings is 1. The Morgan fingerprint density at radius 3 is 2.97 bits per heavy atom. The first-order valence-electron chi connectivity index (χ1n) is 8.34. The smallest absolute Gasteiger partial charge is 0.493 e. The zero-order valence-electron chi connectivity index (χ0n) is 14.9. The fourth-order valence-electron chi connectivity index (χ4n) is 3.09. The molecule has 14 nitrogen and oxygen atoms in total. The van der Waals surface area contributed by atoms with E-state index >= 15 is 0 Å². The number of aromatic amines is 1. The highest BCUT2D eigenvalue weighted by Gasteiger charge is 2.54. The van der Waals surface area contributed by atoms with E-state index in [9.17, 15) is 24.5 Å². The zero-order valence-corrected chi connectivity index (χ0v) is 15.8. The van der Waals surface area contributed by atoms with Crippen molar-refractivity contribution in [2.24, 2.45) is 0 Å². The number of nitrogen functional groups attached to an aromatic ring is 1. The maximum Gasteiger partial charge on any atom is 0.493 e. The van der Waals surface area contributed by atoms with Crippen molar-refractivity contribution in [3.8, 4) is 0 Å². The zero-order chi connectivity index (χ0) is 20.9. The standard InChI is InChI=1S/C14H16N7O7P/c1-19-6-21(11-8(19)12(24)18-14(15)17-11)13-10(23)9(22)7(28-13)4-27-29(25,26)20-3-2-16-5-20/h2-3,5,7,9-10,13,22-23H,4H2,1H3,(H2-2,15,17,18,24,25,26)/p+1/t7-,9?,10+,13-/m1/s1. The van der Waals surface area contributed by atoms with E-state index in [1.165, 1.54) is 28.6 Å². The summed E-state index contributed by atoms with van der Waals surface area (Å²) in [6, 6.07) is 2.76. The molecule has 1 fully saturated rings. The van der Waals surface area contributed by atoms with Crippen LogP contribution in [-0.2, 0) is 13.8 Å². The lowest BCUT2D eigenvalue weighted by molar-refractivity contribution is -0.552. The normalized spacial score (nSPS) is 28.0. The van der Waals surface area contributed by atoms with Gasteiger partial charge in [-0.15, -0.1) is 4.98 Å². The number of rotatable bonds is 5. The van der Waals surface area contributed by atoms with Crippen LogP contribution in [0.1, 0.15) is 0 Å². The van der Waals surface area contributed by atoms with Crippen LogP contribution in [-0.4, -0.2) is 82.9 Å². The predicted molar refractivity (Wildman–Crippen MR) is 91.9 cm³/mol. The highest BCUT2D eigenvalue weighted by atomic mass is 31.2. The first-order valence-corrected chi connectivity index (χ1v) is 9.83. The number of anilines is 1. The van der Waals surface area contributed by atoms with Crippen molar-refractivity contribution in [2.45, 2.75) is 24.5 Å². The Morgan fingerprint density at radius 2 is 2.28 bits per heavy atom. The SMILES string of the molecule is C[N+]1=C=[N+]([C@@H]2O[C@H](COP(=O)([O-])n3ccnc3)C(O)[C@@H]2O)c2nc(N)[nH]c(=O)c21. The highest BCUT2D eigenvalue weighted by molar-refractivity contribution is 7.49. The minimum absolute atomic E-state index is 0.0690. The first kappa shape index (κ1) is 19.6. The van der Waals surface area contributed by atoms with Gasteiger partial charge in [0.1, 0.15) is 18.5 Å². The predicted octanol–water partition coefficient (Wildman–Crippen LogP) is -2.87. The van der Waals surface area contributed by atoms with E-state index in [2.05, 4.69) is 21.0 Å². The molecule has 0 radical (unpaired) electrons. The number of nitrogens with zero attached hydrogens (tertiary/aromatic N) is 5. The number of aliphatic hydroxyl groups is 2. The summed E-state index contributed by atoms with van der Waals surface area (Å²) in [4.78, 5) is 34.2. The van der Waals surface area contributed by atoms with E-state index in [0.717, 1.165) is 10.7 Å². The topological polar surface area (TPSA) is 195 Å². The molecule has 0 spiro atoms. The van der Waals surface area contributed by atoms with Crippen LogP contribution in [0.25, 0.3) is 0 Å². The number of hydrogen-bond donors (Lipinski definition) is 4. The van der Waals surface area contributed by atoms with Gasteiger partial charge in [0.05, 0.1) is 6.61 Å². The van der Waals surface area contributed by atoms with Crippen LogP contribution >= 0.6 is 7.75 Å². The Balaban J connectivity index is 1.56. The summed E-state index contributed by atoms with van der Waals surface area (Å²) in [5.74, 6) is -0.0872. The van der Waals surface area contributed by atoms with Gasteiger partial charge >= 0.3 is 29.3 Å². The minimum atomic E-state index is -4.50. The number of nitrogens with one attached hydrogen (secondary N) is 1. The number of H-pyrrole nitrogens is 1. The van der Waals surface area contributed by atoms with Crippen LogP contribution in [0, 0.1) is 0 Å². The molecule has 5 atom stereocenters. The minimum Gasteiger partial charge on any atom is -0.761 e. The largest absolute Gasteiger partial charge is 0.761 e. The Labute approximate surface area is 162 Å². The molecule has 5 N–H and O–H groups in total. The summed E-state index contributed by atoms with van der Waals surface area (Å²) >= 11 is 0. The van der Waals surface area contributed by atoms with Gasteiger partial charge in [-0.3, -0.25) is 18.7 Å². The van der Waals surface area contributed by atoms with Crippen molar-refractivity contribution in [1.29, 1.82) is 0 Å². The molecule has 2 aromatic heterocycles. The van der Waals surface area contributed by atoms with Crippen molar-refractivity contribution in [3.63, 3.8) is 0 Å². The molecule has 0 saturated carbocycles. The van der Waals surface area contributed by atoms with E-state index in [1.54, 1.807) is 0 Å². The number of nitrogens with two attached hydrogens (primary N) is 1. The summed E-state index contributed by atoms with van der Waals surface area (Å²) in [5.41, 5.74) is 5.18. The highest BCUT2D eigenvalue weighted by Crippen LogP contribution is 2.39. The number of aliphatic hydroxyl groups excluding tert-OH is 2. The van der Waals surface area contributed by atoms with Crippen molar-refractivity contribution in [1.82, 2.24) is 19.3 Å². The van der Waals surface area contributed by atoms with Crippen molar-refractivity contribution < 1.29 is 38.1 Å². The van der Waals surface area contributed by atoms with Gasteiger partial charge in [-0.25, -0.2) is 4.98 Å². The maximum atomic E-state index is 12.1. The molecule has 0 amide bonds. The molecule has 154 valence electrons. The summed E-state index contributed by atoms with van der Waals surface area (Å²) < 4.78 is 25.9. The Morgan fingerprint density at radius 1 is 1.52 bits per heavy atom. The molecular formula is C14H17N7O7P+. The van der Waals surface area contributed by atoms with Crippen LogP contribution in [0.2, 0.25) is 0 Å². The molecule has 0 aliphatic carbocycles. The van der Waals surface area contributed by atoms with Crippen LogP contribution in [0.3, 0.4) is 0 Å². The maximum absolute atomic E-state index is 12.1. The lowest BCUT2D eigenvalue weighted by atomic mass is 10.1. The second-order valence-corrected chi connectivity index (χ2v) is 8.06. The van der Waals surface area contributed by atoms with Crippen molar-refractivity contribution >= 4 is 31.2 Å². The molecule has 4 rings (SSSR count). The Hall–Kier alpha value is -2.70. The van der Waals surface area contributed by atoms with Crippen molar-refractivity contribution in [2.75, 3.05) is 19.4 Å². The summed E-state index contributed by atoms with van der Waals surface area (Å²) in [6.45, 7) is -0.560. The number of aromatic nitrogens is 4. The number of hydrogen-bond acceptors (Lipinski definition) is 10. The number of ether oxygens (including phenoxy) is 1. The van der Waals surface area contributed by atoms with Crippen LogP contribution in [0.4, 0.5) is 17.5 Å². The fraction of sp³-hybridized carbons (Fsp3) is 0.429. The monoisotopic (exact) mass is 426 g/mol. The molecule has 2 unspecified atom stereocenters. The molecule has 4 heterocycles. The summed E-state index contributed by atoms with van der Waals surface area (Å²) in [7, 11) is -2.97. The summed E-state index contributed by atoms with van der Waals surface area (Å²) in [5, 5.41) is 20.7. The third kappa shape index (κ3) is 3.32. The lowest BCUT2D eigenvalue weighted by Crippen LogP contribution is -2.37. The molecule has 15 heteroatoms. The lowest BCUT2D eigenvalue weighted by Gasteiger charge is -2.25. The molecule has 2 aliphatic heterocycles. The van der Waals surface area contributed by atoms with Gasteiger partial charge in [0, 0.05) is 12.4 Å². The van der Waals surface area contributed by atoms with Gasteiger partial charge in [0.25, 0.3) is 0 Å². The molecule has 29 heavy (non-hydrogen) atoms. The molecule has 2 aliphatic rings. The van der Waals surface area contributed by atoms with E-state index in [-0.39, 0.29) is 17.5 Å². The van der Waals surface area contributed by atoms with Gasteiger partial charge in [0.15, 0.2) is 13.2 Å². The fourth-order valence-corrected chi connectivity index (χ4v) is 3.97. The molecule has 1 saturated heterocycles. The summed E-state index contributed by atoms with van der Waals surface area (Å²) in [6.07, 6.45) is -1.85. The second kappa shape index (κ2) is 6.97. The second-order valence-electron chi connectivity index (χ2n) is 6.41. The molecule has 0 aromatic carbocycles. The molecule has 0 bridgehead atoms. The van der Waals surface area contributed by atoms with Gasteiger partial charge in [0.2, 0.25) is 13.7 Å². The van der Waals surface area contributed by atoms with E-state index in [4.69, 9.17) is 15.0 Å². The third-order valence-corrected chi connectivity index (χ3v) is 5.76. The van der Waals surface area contributed by atoms with Crippen LogP contribution in [0.5, 0.6) is 0 Å². The first-order chi connectivity index (χ1) is 13.7. The van der Waals surface area contributed by atoms with E-state index in [1.807, 2.05) is 0 Å². The van der Waals surface area contributed by atoms with Gasteiger partial charge in [-0.1, -0.05) is 4.58 Å². The Bertz CT molecular complexity index is 1120. The quantitative estimate of drug-likeness (QED) is 0.285. The molecular weight excluding hydrogens is 409 g/mol. The van der Waals surface area contributed by atoms with Crippen LogP contribution in [0.15, 0.2) is 23.5 Å². The molecule has 2 aromatic rings. The average Bonchev–Trinajstić information content (AvgIpc) is 3.35.